The van der Waals surface area contributed by atoms with Crippen molar-refractivity contribution in [3.8, 4) is 0 Å². The van der Waals surface area contributed by atoms with Gasteiger partial charge < -0.3 is 11.1 Å². The largest absolute Gasteiger partial charge is 0.330 e. The van der Waals surface area contributed by atoms with Crippen molar-refractivity contribution in [1.29, 1.82) is 0 Å². The lowest BCUT2D eigenvalue weighted by molar-refractivity contribution is -0.119. The van der Waals surface area contributed by atoms with Crippen molar-refractivity contribution in [2.24, 2.45) is 11.7 Å². The molecule has 3 nitrogen and oxygen atoms in total. The highest BCUT2D eigenvalue weighted by Crippen LogP contribution is 2.25. The maximum atomic E-state index is 11.8. The van der Waals surface area contributed by atoms with E-state index >= 15 is 0 Å². The Morgan fingerprint density at radius 3 is 2.88 bits per heavy atom. The van der Waals surface area contributed by atoms with Crippen LogP contribution in [0, 0.1) is 5.92 Å². The van der Waals surface area contributed by atoms with E-state index in [1.165, 1.54) is 0 Å². The molecule has 0 saturated carbocycles. The minimum atomic E-state index is -0.0408. The molecule has 0 aliphatic rings. The van der Waals surface area contributed by atoms with E-state index in [9.17, 15) is 4.79 Å². The summed E-state index contributed by atoms with van der Waals surface area (Å²) in [6.45, 7) is 2.51. The first-order valence-electron chi connectivity index (χ1n) is 5.50. The van der Waals surface area contributed by atoms with E-state index < -0.39 is 0 Å². The lowest BCUT2D eigenvalue weighted by Crippen LogP contribution is -2.21. The van der Waals surface area contributed by atoms with Gasteiger partial charge in [-0.15, -0.1) is 0 Å². The monoisotopic (exact) mass is 318 g/mol. The highest BCUT2D eigenvalue weighted by atomic mass is 79.9. The molecule has 1 rings (SSSR count). The van der Waals surface area contributed by atoms with Gasteiger partial charge in [0.25, 0.3) is 0 Å². The van der Waals surface area contributed by atoms with Gasteiger partial charge in [0.1, 0.15) is 0 Å². The van der Waals surface area contributed by atoms with Crippen molar-refractivity contribution < 1.29 is 4.79 Å². The number of nitrogens with two attached hydrogens (primary N) is 1. The van der Waals surface area contributed by atoms with Crippen LogP contribution < -0.4 is 11.1 Å². The molecule has 1 amide bonds. The summed E-state index contributed by atoms with van der Waals surface area (Å²) in [7, 11) is 0. The van der Waals surface area contributed by atoms with E-state index in [1.807, 2.05) is 19.1 Å². The quantitative estimate of drug-likeness (QED) is 0.873. The molecule has 0 heterocycles. The van der Waals surface area contributed by atoms with Crippen LogP contribution in [0.3, 0.4) is 0 Å². The SMILES string of the molecule is CC(CCCN)C(=O)Nc1ccc(Br)c(Cl)c1. The van der Waals surface area contributed by atoms with Crippen LogP contribution >= 0.6 is 27.5 Å². The number of amides is 1. The van der Waals surface area contributed by atoms with Crippen molar-refractivity contribution in [2.75, 3.05) is 11.9 Å². The molecule has 17 heavy (non-hydrogen) atoms. The molecule has 1 aromatic rings. The van der Waals surface area contributed by atoms with Crippen LogP contribution in [0.5, 0.6) is 0 Å². The Labute approximate surface area is 115 Å². The van der Waals surface area contributed by atoms with Crippen molar-refractivity contribution in [3.05, 3.63) is 27.7 Å². The Morgan fingerprint density at radius 1 is 1.59 bits per heavy atom. The van der Waals surface area contributed by atoms with Crippen LogP contribution in [-0.4, -0.2) is 12.5 Å². The number of carbonyl (C=O) groups is 1. The van der Waals surface area contributed by atoms with Gasteiger partial charge >= 0.3 is 0 Å². The fourth-order valence-electron chi connectivity index (χ4n) is 1.39. The highest BCUT2D eigenvalue weighted by molar-refractivity contribution is 9.10. The standard InChI is InChI=1S/C12H16BrClN2O/c1-8(3-2-6-15)12(17)16-9-4-5-10(13)11(14)7-9/h4-5,7-8H,2-3,6,15H2,1H3,(H,16,17). The first-order valence-corrected chi connectivity index (χ1v) is 6.67. The summed E-state index contributed by atoms with van der Waals surface area (Å²) < 4.78 is 0.813. The number of nitrogens with one attached hydrogen (secondary N) is 1. The predicted molar refractivity (Wildman–Crippen MR) is 75.2 cm³/mol. The molecule has 0 fully saturated rings. The Kier molecular flexibility index (Phi) is 5.95. The van der Waals surface area contributed by atoms with Crippen molar-refractivity contribution in [2.45, 2.75) is 19.8 Å². The van der Waals surface area contributed by atoms with Gasteiger partial charge in [-0.25, -0.2) is 0 Å². The zero-order valence-corrected chi connectivity index (χ0v) is 12.0. The minimum absolute atomic E-state index is 0.00293. The maximum Gasteiger partial charge on any atom is 0.227 e. The second-order valence-corrected chi connectivity index (χ2v) is 5.21. The second-order valence-electron chi connectivity index (χ2n) is 3.95. The van der Waals surface area contributed by atoms with Gasteiger partial charge in [-0.3, -0.25) is 4.79 Å². The summed E-state index contributed by atoms with van der Waals surface area (Å²) in [6, 6.07) is 5.34. The summed E-state index contributed by atoms with van der Waals surface area (Å²) in [4.78, 5) is 11.8. The first kappa shape index (κ1) is 14.5. The third-order valence-electron chi connectivity index (χ3n) is 2.48. The van der Waals surface area contributed by atoms with Gasteiger partial charge in [-0.1, -0.05) is 18.5 Å². The molecule has 0 aliphatic heterocycles. The summed E-state index contributed by atoms with van der Waals surface area (Å²) in [5.74, 6) is -0.0437. The zero-order valence-electron chi connectivity index (χ0n) is 9.67. The molecule has 0 radical (unpaired) electrons. The summed E-state index contributed by atoms with van der Waals surface area (Å²) >= 11 is 9.25. The molecule has 1 unspecified atom stereocenters. The molecule has 5 heteroatoms. The van der Waals surface area contributed by atoms with Crippen molar-refractivity contribution in [3.63, 3.8) is 0 Å². The number of anilines is 1. The zero-order chi connectivity index (χ0) is 12.8. The van der Waals surface area contributed by atoms with Crippen LogP contribution in [0.2, 0.25) is 5.02 Å². The van der Waals surface area contributed by atoms with Crippen LogP contribution in [0.1, 0.15) is 19.8 Å². The van der Waals surface area contributed by atoms with E-state index in [-0.39, 0.29) is 11.8 Å². The third kappa shape index (κ3) is 4.66. The average molecular weight is 320 g/mol. The van der Waals surface area contributed by atoms with Gasteiger partial charge in [-0.05, 0) is 53.5 Å². The number of carbonyl (C=O) groups excluding carboxylic acids is 1. The molecule has 0 aromatic heterocycles. The first-order chi connectivity index (χ1) is 8.04. The van der Waals surface area contributed by atoms with Gasteiger partial charge in [0, 0.05) is 16.1 Å². The molecule has 0 spiro atoms. The molecule has 94 valence electrons. The predicted octanol–water partition coefficient (Wildman–Crippen LogP) is 3.42. The molecular formula is C12H16BrClN2O. The van der Waals surface area contributed by atoms with Crippen LogP contribution in [-0.2, 0) is 4.79 Å². The van der Waals surface area contributed by atoms with Crippen LogP contribution in [0.4, 0.5) is 5.69 Å². The summed E-state index contributed by atoms with van der Waals surface area (Å²) in [5.41, 5.74) is 6.12. The Morgan fingerprint density at radius 2 is 2.29 bits per heavy atom. The topological polar surface area (TPSA) is 55.1 Å². The van der Waals surface area contributed by atoms with E-state index in [1.54, 1.807) is 6.07 Å². The Hall–Kier alpha value is -0.580. The normalized spacial score (nSPS) is 12.2. The Bertz CT molecular complexity index is 398. The molecule has 1 aromatic carbocycles. The van der Waals surface area contributed by atoms with E-state index in [0.29, 0.717) is 17.3 Å². The summed E-state index contributed by atoms with van der Waals surface area (Å²) in [5, 5.41) is 3.41. The van der Waals surface area contributed by atoms with Crippen LogP contribution in [0.25, 0.3) is 0 Å². The molecule has 0 aliphatic carbocycles. The maximum absolute atomic E-state index is 11.8. The minimum Gasteiger partial charge on any atom is -0.330 e. The number of benzene rings is 1. The van der Waals surface area contributed by atoms with E-state index in [0.717, 1.165) is 17.3 Å². The van der Waals surface area contributed by atoms with Gasteiger partial charge in [-0.2, -0.15) is 0 Å². The number of halogens is 2. The van der Waals surface area contributed by atoms with Crippen LogP contribution in [0.15, 0.2) is 22.7 Å². The molecule has 3 N–H and O–H groups in total. The number of rotatable bonds is 5. The molecule has 0 bridgehead atoms. The lowest BCUT2D eigenvalue weighted by Gasteiger charge is -2.12. The van der Waals surface area contributed by atoms with E-state index in [4.69, 9.17) is 17.3 Å². The lowest BCUT2D eigenvalue weighted by atomic mass is 10.0. The van der Waals surface area contributed by atoms with Gasteiger partial charge in [0.15, 0.2) is 0 Å². The molecule has 0 saturated heterocycles. The molecule has 1 atom stereocenters. The average Bonchev–Trinajstić information content (AvgIpc) is 2.30. The van der Waals surface area contributed by atoms with Crippen molar-refractivity contribution in [1.82, 2.24) is 0 Å². The number of hydrogen-bond donors (Lipinski definition) is 2. The highest BCUT2D eigenvalue weighted by Gasteiger charge is 2.12. The molecular weight excluding hydrogens is 304 g/mol. The fraction of sp³-hybridized carbons (Fsp3) is 0.417. The Balaban J connectivity index is 2.58. The van der Waals surface area contributed by atoms with Gasteiger partial charge in [0.05, 0.1) is 5.02 Å². The van der Waals surface area contributed by atoms with E-state index in [2.05, 4.69) is 21.2 Å². The number of hydrogen-bond acceptors (Lipinski definition) is 2. The fourth-order valence-corrected chi connectivity index (χ4v) is 1.82. The summed E-state index contributed by atoms with van der Waals surface area (Å²) in [6.07, 6.45) is 1.66. The smallest absolute Gasteiger partial charge is 0.227 e. The second kappa shape index (κ2) is 6.99. The van der Waals surface area contributed by atoms with Crippen molar-refractivity contribution >= 4 is 39.1 Å². The van der Waals surface area contributed by atoms with Gasteiger partial charge in [0.2, 0.25) is 5.91 Å². The third-order valence-corrected chi connectivity index (χ3v) is 3.71.